The standard InChI is InChI=1S/C26H19NS/c1-3-10-22(11-4-1)27(23-12-5-2-6-13-23)24-17-15-20(16-18-24)26-19-21-9-7-8-14-25(21)28-26/h1-19H. The van der Waals surface area contributed by atoms with E-state index in [0.717, 1.165) is 17.1 Å². The zero-order valence-corrected chi connectivity index (χ0v) is 16.1. The van der Waals surface area contributed by atoms with E-state index in [1.807, 2.05) is 11.3 Å². The summed E-state index contributed by atoms with van der Waals surface area (Å²) in [5, 5.41) is 1.31. The Morgan fingerprint density at radius 1 is 0.500 bits per heavy atom. The predicted octanol–water partition coefficient (Wildman–Crippen LogP) is 8.04. The Hall–Kier alpha value is -3.36. The third kappa shape index (κ3) is 3.19. The van der Waals surface area contributed by atoms with Crippen molar-refractivity contribution in [2.24, 2.45) is 0 Å². The van der Waals surface area contributed by atoms with E-state index in [-0.39, 0.29) is 0 Å². The molecule has 5 aromatic rings. The van der Waals surface area contributed by atoms with Gasteiger partial charge in [-0.2, -0.15) is 0 Å². The maximum Gasteiger partial charge on any atom is 0.0462 e. The van der Waals surface area contributed by atoms with E-state index in [4.69, 9.17) is 0 Å². The summed E-state index contributed by atoms with van der Waals surface area (Å²) in [6, 6.07) is 40.7. The van der Waals surface area contributed by atoms with E-state index >= 15 is 0 Å². The summed E-state index contributed by atoms with van der Waals surface area (Å²) in [6.45, 7) is 0. The minimum Gasteiger partial charge on any atom is -0.311 e. The fraction of sp³-hybridized carbons (Fsp3) is 0. The van der Waals surface area contributed by atoms with E-state index in [0.29, 0.717) is 0 Å². The second-order valence-electron chi connectivity index (χ2n) is 6.70. The van der Waals surface area contributed by atoms with E-state index in [9.17, 15) is 0 Å². The van der Waals surface area contributed by atoms with Crippen molar-refractivity contribution < 1.29 is 0 Å². The Morgan fingerprint density at radius 2 is 1.04 bits per heavy atom. The van der Waals surface area contributed by atoms with Crippen molar-refractivity contribution >= 4 is 38.5 Å². The molecule has 134 valence electrons. The highest BCUT2D eigenvalue weighted by molar-refractivity contribution is 7.22. The van der Waals surface area contributed by atoms with Gasteiger partial charge in [-0.25, -0.2) is 0 Å². The smallest absolute Gasteiger partial charge is 0.0462 e. The third-order valence-corrected chi connectivity index (χ3v) is 6.03. The molecule has 0 radical (unpaired) electrons. The molecule has 0 saturated carbocycles. The molecule has 28 heavy (non-hydrogen) atoms. The van der Waals surface area contributed by atoms with E-state index in [2.05, 4.69) is 120 Å². The minimum atomic E-state index is 1.15. The van der Waals surface area contributed by atoms with Gasteiger partial charge in [-0.15, -0.1) is 11.3 Å². The van der Waals surface area contributed by atoms with E-state index in [1.54, 1.807) is 0 Å². The number of para-hydroxylation sites is 2. The van der Waals surface area contributed by atoms with Gasteiger partial charge in [-0.1, -0.05) is 66.7 Å². The maximum absolute atomic E-state index is 2.29. The molecule has 0 amide bonds. The molecular weight excluding hydrogens is 358 g/mol. The average molecular weight is 378 g/mol. The number of thiophene rings is 1. The lowest BCUT2D eigenvalue weighted by molar-refractivity contribution is 1.28. The monoisotopic (exact) mass is 377 g/mol. The molecule has 5 rings (SSSR count). The molecule has 1 aromatic heterocycles. The van der Waals surface area contributed by atoms with E-state index in [1.165, 1.54) is 20.5 Å². The lowest BCUT2D eigenvalue weighted by atomic mass is 10.1. The lowest BCUT2D eigenvalue weighted by Crippen LogP contribution is -2.09. The molecule has 0 atom stereocenters. The van der Waals surface area contributed by atoms with Crippen molar-refractivity contribution in [3.8, 4) is 10.4 Å². The highest BCUT2D eigenvalue weighted by atomic mass is 32.1. The molecule has 2 heteroatoms. The summed E-state index contributed by atoms with van der Waals surface area (Å²) in [6.07, 6.45) is 0. The molecule has 0 saturated heterocycles. The normalized spacial score (nSPS) is 10.9. The molecule has 1 nitrogen and oxygen atoms in total. The van der Waals surface area contributed by atoms with Crippen LogP contribution in [0.15, 0.2) is 115 Å². The van der Waals surface area contributed by atoms with Gasteiger partial charge in [0.2, 0.25) is 0 Å². The zero-order valence-electron chi connectivity index (χ0n) is 15.3. The molecular formula is C26H19NS. The van der Waals surface area contributed by atoms with Crippen LogP contribution >= 0.6 is 11.3 Å². The molecule has 0 aliphatic carbocycles. The van der Waals surface area contributed by atoms with Gasteiger partial charge in [0.05, 0.1) is 0 Å². The summed E-state index contributed by atoms with van der Waals surface area (Å²) < 4.78 is 1.33. The molecule has 4 aromatic carbocycles. The van der Waals surface area contributed by atoms with Crippen molar-refractivity contribution in [2.45, 2.75) is 0 Å². The Bertz CT molecular complexity index is 1120. The first-order valence-electron chi connectivity index (χ1n) is 9.38. The first kappa shape index (κ1) is 16.8. The molecule has 0 aliphatic heterocycles. The fourth-order valence-corrected chi connectivity index (χ4v) is 4.57. The van der Waals surface area contributed by atoms with Gasteiger partial charge in [-0.3, -0.25) is 0 Å². The summed E-state index contributed by atoms with van der Waals surface area (Å²) >= 11 is 1.84. The second-order valence-corrected chi connectivity index (χ2v) is 7.79. The van der Waals surface area contributed by atoms with Gasteiger partial charge in [0, 0.05) is 26.6 Å². The first-order valence-corrected chi connectivity index (χ1v) is 10.2. The van der Waals surface area contributed by atoms with Gasteiger partial charge >= 0.3 is 0 Å². The second kappa shape index (κ2) is 7.34. The van der Waals surface area contributed by atoms with E-state index < -0.39 is 0 Å². The molecule has 0 fully saturated rings. The number of fused-ring (bicyclic) bond motifs is 1. The van der Waals surface area contributed by atoms with Crippen LogP contribution in [-0.2, 0) is 0 Å². The molecule has 0 aliphatic rings. The Balaban J connectivity index is 1.55. The van der Waals surface area contributed by atoms with Gasteiger partial charge < -0.3 is 4.90 Å². The van der Waals surface area contributed by atoms with Crippen LogP contribution in [-0.4, -0.2) is 0 Å². The summed E-state index contributed by atoms with van der Waals surface area (Å²) in [5.41, 5.74) is 4.72. The quantitative estimate of drug-likeness (QED) is 0.306. The van der Waals surface area contributed by atoms with Crippen LogP contribution in [0.4, 0.5) is 17.1 Å². The summed E-state index contributed by atoms with van der Waals surface area (Å²) in [5.74, 6) is 0. The van der Waals surface area contributed by atoms with Crippen LogP contribution in [0.1, 0.15) is 0 Å². The fourth-order valence-electron chi connectivity index (χ4n) is 3.50. The largest absolute Gasteiger partial charge is 0.311 e. The van der Waals surface area contributed by atoms with Crippen molar-refractivity contribution in [3.05, 3.63) is 115 Å². The minimum absolute atomic E-state index is 1.15. The lowest BCUT2D eigenvalue weighted by Gasteiger charge is -2.25. The number of nitrogens with zero attached hydrogens (tertiary/aromatic N) is 1. The topological polar surface area (TPSA) is 3.24 Å². The van der Waals surface area contributed by atoms with Crippen LogP contribution < -0.4 is 4.90 Å². The van der Waals surface area contributed by atoms with Crippen LogP contribution in [0.3, 0.4) is 0 Å². The van der Waals surface area contributed by atoms with Gasteiger partial charge in [-0.05, 0) is 59.5 Å². The van der Waals surface area contributed by atoms with Gasteiger partial charge in [0.15, 0.2) is 0 Å². The molecule has 1 heterocycles. The number of hydrogen-bond acceptors (Lipinski definition) is 2. The van der Waals surface area contributed by atoms with Crippen LogP contribution in [0.2, 0.25) is 0 Å². The molecule has 0 spiro atoms. The van der Waals surface area contributed by atoms with Crippen molar-refractivity contribution in [3.63, 3.8) is 0 Å². The number of rotatable bonds is 4. The van der Waals surface area contributed by atoms with Gasteiger partial charge in [0.25, 0.3) is 0 Å². The molecule has 0 unspecified atom stereocenters. The van der Waals surface area contributed by atoms with Crippen LogP contribution in [0.25, 0.3) is 20.5 Å². The molecule has 0 N–H and O–H groups in total. The summed E-state index contributed by atoms with van der Waals surface area (Å²) in [4.78, 5) is 3.59. The third-order valence-electron chi connectivity index (χ3n) is 4.86. The van der Waals surface area contributed by atoms with Crippen molar-refractivity contribution in [1.82, 2.24) is 0 Å². The first-order chi connectivity index (χ1) is 13.9. The number of benzene rings is 4. The Morgan fingerprint density at radius 3 is 1.64 bits per heavy atom. The number of hydrogen-bond donors (Lipinski definition) is 0. The summed E-state index contributed by atoms with van der Waals surface area (Å²) in [7, 11) is 0. The van der Waals surface area contributed by atoms with Crippen molar-refractivity contribution in [1.29, 1.82) is 0 Å². The zero-order chi connectivity index (χ0) is 18.8. The SMILES string of the molecule is c1ccc(N(c2ccccc2)c2ccc(-c3cc4ccccc4s3)cc2)cc1. The van der Waals surface area contributed by atoms with Crippen LogP contribution in [0.5, 0.6) is 0 Å². The number of anilines is 3. The predicted molar refractivity (Wildman–Crippen MR) is 122 cm³/mol. The Labute approximate surface area is 169 Å². The van der Waals surface area contributed by atoms with Crippen molar-refractivity contribution in [2.75, 3.05) is 4.90 Å². The highest BCUT2D eigenvalue weighted by Gasteiger charge is 2.12. The molecule has 0 bridgehead atoms. The average Bonchev–Trinajstić information content (AvgIpc) is 3.20. The Kier molecular flexibility index (Phi) is 4.40. The maximum atomic E-state index is 2.29. The highest BCUT2D eigenvalue weighted by Crippen LogP contribution is 2.37. The van der Waals surface area contributed by atoms with Gasteiger partial charge in [0.1, 0.15) is 0 Å². The van der Waals surface area contributed by atoms with Crippen LogP contribution in [0, 0.1) is 0 Å².